The van der Waals surface area contributed by atoms with Crippen molar-refractivity contribution in [3.05, 3.63) is 158 Å². The highest BCUT2D eigenvalue weighted by Gasteiger charge is 2.16. The molecule has 0 aliphatic heterocycles. The summed E-state index contributed by atoms with van der Waals surface area (Å²) < 4.78 is 3.54. The van der Waals surface area contributed by atoms with Crippen molar-refractivity contribution in [3.63, 3.8) is 0 Å². The van der Waals surface area contributed by atoms with E-state index in [4.69, 9.17) is 15.0 Å². The topological polar surface area (TPSA) is 43.6 Å². The summed E-state index contributed by atoms with van der Waals surface area (Å²) in [6, 6.07) is 55.1. The van der Waals surface area contributed by atoms with Crippen LogP contribution in [-0.4, -0.2) is 19.5 Å². The highest BCUT2D eigenvalue weighted by Crippen LogP contribution is 2.35. The molecule has 3 aromatic heterocycles. The first-order chi connectivity index (χ1) is 22.8. The summed E-state index contributed by atoms with van der Waals surface area (Å²) in [4.78, 5) is 16.1. The van der Waals surface area contributed by atoms with Crippen LogP contribution in [0.15, 0.2) is 158 Å². The van der Waals surface area contributed by atoms with E-state index in [9.17, 15) is 0 Å². The standard InChI is InChI=1S/C41H26N4S/c1-2-10-27(11-3-1)28-18-20-29(21-19-28)39-42-40(44-41(43-39)38-26-31-12-4-9-17-37(31)46-38)30-22-24-32(25-23-30)45-35-15-7-5-13-33(35)34-14-6-8-16-36(34)45/h1-26H. The van der Waals surface area contributed by atoms with Gasteiger partial charge >= 0.3 is 0 Å². The van der Waals surface area contributed by atoms with Gasteiger partial charge in [0.2, 0.25) is 0 Å². The summed E-state index contributed by atoms with van der Waals surface area (Å²) in [7, 11) is 0. The largest absolute Gasteiger partial charge is 0.309 e. The number of aromatic nitrogens is 4. The minimum Gasteiger partial charge on any atom is -0.309 e. The van der Waals surface area contributed by atoms with Crippen LogP contribution < -0.4 is 0 Å². The van der Waals surface area contributed by atoms with Crippen LogP contribution in [-0.2, 0) is 0 Å². The average molecular weight is 607 g/mol. The second-order valence-electron chi connectivity index (χ2n) is 11.3. The molecule has 0 atom stereocenters. The van der Waals surface area contributed by atoms with Crippen LogP contribution in [0.3, 0.4) is 0 Å². The monoisotopic (exact) mass is 606 g/mol. The Morgan fingerprint density at radius 1 is 0.413 bits per heavy atom. The minimum atomic E-state index is 0.651. The van der Waals surface area contributed by atoms with Crippen molar-refractivity contribution in [1.82, 2.24) is 19.5 Å². The number of rotatable bonds is 5. The van der Waals surface area contributed by atoms with E-state index in [0.717, 1.165) is 27.3 Å². The molecule has 0 saturated carbocycles. The Morgan fingerprint density at radius 2 is 0.913 bits per heavy atom. The summed E-state index contributed by atoms with van der Waals surface area (Å²) in [6.45, 7) is 0. The second-order valence-corrected chi connectivity index (χ2v) is 12.4. The van der Waals surface area contributed by atoms with E-state index in [1.165, 1.54) is 37.5 Å². The van der Waals surface area contributed by atoms with E-state index < -0.39 is 0 Å². The molecule has 46 heavy (non-hydrogen) atoms. The Morgan fingerprint density at radius 3 is 1.57 bits per heavy atom. The van der Waals surface area contributed by atoms with Crippen LogP contribution in [0.5, 0.6) is 0 Å². The fraction of sp³-hybridized carbons (Fsp3) is 0. The first-order valence-corrected chi connectivity index (χ1v) is 16.1. The van der Waals surface area contributed by atoms with Crippen molar-refractivity contribution in [2.45, 2.75) is 0 Å². The number of fused-ring (bicyclic) bond motifs is 4. The van der Waals surface area contributed by atoms with E-state index in [1.807, 2.05) is 6.07 Å². The summed E-state index contributed by atoms with van der Waals surface area (Å²) in [5.74, 6) is 1.99. The summed E-state index contributed by atoms with van der Waals surface area (Å²) in [6.07, 6.45) is 0. The maximum absolute atomic E-state index is 5.03. The molecule has 0 unspecified atom stereocenters. The lowest BCUT2D eigenvalue weighted by Crippen LogP contribution is -2.00. The normalized spacial score (nSPS) is 11.5. The molecule has 9 rings (SSSR count). The lowest BCUT2D eigenvalue weighted by Gasteiger charge is -2.10. The van der Waals surface area contributed by atoms with Gasteiger partial charge in [0.05, 0.1) is 15.9 Å². The Labute approximate surface area is 269 Å². The van der Waals surface area contributed by atoms with Gasteiger partial charge in [-0.1, -0.05) is 109 Å². The third-order valence-electron chi connectivity index (χ3n) is 8.50. The molecule has 0 spiro atoms. The van der Waals surface area contributed by atoms with Gasteiger partial charge in [0.15, 0.2) is 17.5 Å². The van der Waals surface area contributed by atoms with Gasteiger partial charge < -0.3 is 4.57 Å². The van der Waals surface area contributed by atoms with E-state index in [0.29, 0.717) is 17.5 Å². The first-order valence-electron chi connectivity index (χ1n) is 15.3. The van der Waals surface area contributed by atoms with Crippen LogP contribution in [0.25, 0.3) is 82.2 Å². The first kappa shape index (κ1) is 26.5. The predicted octanol–water partition coefficient (Wildman–Crippen LogP) is 10.9. The highest BCUT2D eigenvalue weighted by molar-refractivity contribution is 7.22. The Bertz CT molecular complexity index is 2420. The zero-order chi connectivity index (χ0) is 30.5. The quantitative estimate of drug-likeness (QED) is 0.196. The van der Waals surface area contributed by atoms with Crippen molar-refractivity contribution in [3.8, 4) is 50.3 Å². The summed E-state index contributed by atoms with van der Waals surface area (Å²) >= 11 is 1.70. The fourth-order valence-electron chi connectivity index (χ4n) is 6.24. The molecule has 0 saturated heterocycles. The molecule has 0 amide bonds. The van der Waals surface area contributed by atoms with E-state index in [2.05, 4.69) is 156 Å². The molecule has 0 aliphatic rings. The summed E-state index contributed by atoms with van der Waals surface area (Å²) in [5.41, 5.74) is 7.69. The molecule has 0 aliphatic carbocycles. The third kappa shape index (κ3) is 4.57. The molecular weight excluding hydrogens is 581 g/mol. The molecule has 6 aromatic carbocycles. The lowest BCUT2D eigenvalue weighted by atomic mass is 10.0. The van der Waals surface area contributed by atoms with Gasteiger partial charge in [-0.05, 0) is 65.0 Å². The van der Waals surface area contributed by atoms with Gasteiger partial charge in [-0.15, -0.1) is 11.3 Å². The van der Waals surface area contributed by atoms with Gasteiger partial charge in [0, 0.05) is 32.3 Å². The number of benzene rings is 6. The highest BCUT2D eigenvalue weighted by atomic mass is 32.1. The Kier molecular flexibility index (Phi) is 6.28. The average Bonchev–Trinajstić information content (AvgIpc) is 3.72. The van der Waals surface area contributed by atoms with E-state index >= 15 is 0 Å². The van der Waals surface area contributed by atoms with Crippen LogP contribution >= 0.6 is 11.3 Å². The maximum Gasteiger partial charge on any atom is 0.174 e. The lowest BCUT2D eigenvalue weighted by molar-refractivity contribution is 1.08. The molecule has 4 nitrogen and oxygen atoms in total. The van der Waals surface area contributed by atoms with E-state index in [-0.39, 0.29) is 0 Å². The van der Waals surface area contributed by atoms with Crippen molar-refractivity contribution >= 4 is 43.2 Å². The van der Waals surface area contributed by atoms with Crippen LogP contribution in [0.2, 0.25) is 0 Å². The number of para-hydroxylation sites is 2. The molecule has 3 heterocycles. The van der Waals surface area contributed by atoms with Gasteiger partial charge in [-0.3, -0.25) is 0 Å². The number of hydrogen-bond acceptors (Lipinski definition) is 4. The molecular formula is C41H26N4S. The zero-order valence-corrected chi connectivity index (χ0v) is 25.5. The van der Waals surface area contributed by atoms with E-state index in [1.54, 1.807) is 11.3 Å². The van der Waals surface area contributed by atoms with Crippen molar-refractivity contribution < 1.29 is 0 Å². The smallest absolute Gasteiger partial charge is 0.174 e. The number of hydrogen-bond donors (Lipinski definition) is 0. The van der Waals surface area contributed by atoms with Gasteiger partial charge in [0.1, 0.15) is 0 Å². The van der Waals surface area contributed by atoms with Crippen molar-refractivity contribution in [2.24, 2.45) is 0 Å². The third-order valence-corrected chi connectivity index (χ3v) is 9.61. The van der Waals surface area contributed by atoms with Crippen molar-refractivity contribution in [1.29, 1.82) is 0 Å². The van der Waals surface area contributed by atoms with Gasteiger partial charge in [-0.2, -0.15) is 0 Å². The predicted molar refractivity (Wildman–Crippen MR) is 191 cm³/mol. The molecule has 5 heteroatoms. The minimum absolute atomic E-state index is 0.651. The van der Waals surface area contributed by atoms with Crippen LogP contribution in [0, 0.1) is 0 Å². The molecule has 0 N–H and O–H groups in total. The van der Waals surface area contributed by atoms with Crippen molar-refractivity contribution in [2.75, 3.05) is 0 Å². The fourth-order valence-corrected chi connectivity index (χ4v) is 7.24. The summed E-state index contributed by atoms with van der Waals surface area (Å²) in [5, 5.41) is 3.68. The second kappa shape index (κ2) is 10.9. The maximum atomic E-state index is 5.03. The van der Waals surface area contributed by atoms with Crippen LogP contribution in [0.4, 0.5) is 0 Å². The number of nitrogens with zero attached hydrogens (tertiary/aromatic N) is 4. The zero-order valence-electron chi connectivity index (χ0n) is 24.7. The molecule has 0 radical (unpaired) electrons. The number of thiophene rings is 1. The molecule has 0 fully saturated rings. The van der Waals surface area contributed by atoms with Gasteiger partial charge in [-0.25, -0.2) is 15.0 Å². The molecule has 9 aromatic rings. The Hall–Kier alpha value is -5.91. The molecule has 0 bridgehead atoms. The molecule has 216 valence electrons. The van der Waals surface area contributed by atoms with Gasteiger partial charge in [0.25, 0.3) is 0 Å². The SMILES string of the molecule is c1ccc(-c2ccc(-c3nc(-c4ccc(-n5c6ccccc6c6ccccc65)cc4)nc(-c4cc5ccccc5s4)n3)cc2)cc1. The Balaban J connectivity index is 1.16. The van der Waals surface area contributed by atoms with Crippen LogP contribution in [0.1, 0.15) is 0 Å².